The van der Waals surface area contributed by atoms with E-state index in [-0.39, 0.29) is 18.4 Å². The lowest BCUT2D eigenvalue weighted by molar-refractivity contribution is 0.142. The summed E-state index contributed by atoms with van der Waals surface area (Å²) in [6.07, 6.45) is 2.85. The molecule has 0 saturated carbocycles. The largest absolute Gasteiger partial charge is 0.382 e. The Balaban J connectivity index is 2.22. The zero-order valence-electron chi connectivity index (χ0n) is 18.6. The molecule has 0 spiro atoms. The van der Waals surface area contributed by atoms with Gasteiger partial charge < -0.3 is 13.5 Å². The normalized spacial score (nSPS) is 13.2. The third kappa shape index (κ3) is 4.88. The number of halogens is 1. The lowest BCUT2D eigenvalue weighted by atomic mass is 10.0. The lowest BCUT2D eigenvalue weighted by Crippen LogP contribution is -2.16. The van der Waals surface area contributed by atoms with E-state index in [9.17, 15) is 12.8 Å². The summed E-state index contributed by atoms with van der Waals surface area (Å²) in [5, 5.41) is 0. The van der Waals surface area contributed by atoms with E-state index in [1.54, 1.807) is 13.2 Å². The molecule has 168 valence electrons. The molecular formula is C22H28FN3O4S. The molecule has 31 heavy (non-hydrogen) atoms. The maximum atomic E-state index is 13.6. The van der Waals surface area contributed by atoms with Gasteiger partial charge in [0.05, 0.1) is 41.2 Å². The van der Waals surface area contributed by atoms with Crippen molar-refractivity contribution >= 4 is 21.2 Å². The molecule has 3 rings (SSSR count). The monoisotopic (exact) mass is 449 g/mol. The Labute approximate surface area is 182 Å². The standard InChI is InChI=1S/C22H28FN3O4S/c1-13(2)18-8-7-17(22(24-18)30-31(6,27)28)20-14(3)9-19-21(25-20)15(4)11-26(19)16(10-23)12-29-5/h7-9,11,13,16H,10,12H2,1-6H3. The Hall–Kier alpha value is -2.52. The van der Waals surface area contributed by atoms with Gasteiger partial charge in [0.1, 0.15) is 6.67 Å². The van der Waals surface area contributed by atoms with Gasteiger partial charge in [0, 0.05) is 19.0 Å². The Bertz CT molecular complexity index is 1210. The zero-order valence-corrected chi connectivity index (χ0v) is 19.5. The minimum absolute atomic E-state index is 0.00162. The fourth-order valence-electron chi connectivity index (χ4n) is 3.56. The number of nitrogens with zero attached hydrogens (tertiary/aromatic N) is 3. The second kappa shape index (κ2) is 8.92. The van der Waals surface area contributed by atoms with Crippen LogP contribution >= 0.6 is 0 Å². The van der Waals surface area contributed by atoms with Crippen molar-refractivity contribution in [2.24, 2.45) is 0 Å². The number of ether oxygens (including phenoxy) is 1. The van der Waals surface area contributed by atoms with Crippen LogP contribution in [-0.2, 0) is 14.9 Å². The van der Waals surface area contributed by atoms with E-state index in [4.69, 9.17) is 13.9 Å². The minimum atomic E-state index is -3.78. The van der Waals surface area contributed by atoms with E-state index in [0.29, 0.717) is 22.5 Å². The molecule has 1 atom stereocenters. The lowest BCUT2D eigenvalue weighted by Gasteiger charge is -2.17. The summed E-state index contributed by atoms with van der Waals surface area (Å²) >= 11 is 0. The first-order valence-electron chi connectivity index (χ1n) is 10.00. The van der Waals surface area contributed by atoms with E-state index >= 15 is 0 Å². The highest BCUT2D eigenvalue weighted by atomic mass is 32.2. The van der Waals surface area contributed by atoms with E-state index in [0.717, 1.165) is 22.9 Å². The predicted molar refractivity (Wildman–Crippen MR) is 119 cm³/mol. The van der Waals surface area contributed by atoms with Crippen molar-refractivity contribution in [1.29, 1.82) is 0 Å². The summed E-state index contributed by atoms with van der Waals surface area (Å²) in [6, 6.07) is 5.09. The second-order valence-electron chi connectivity index (χ2n) is 8.04. The molecule has 0 fully saturated rings. The SMILES string of the molecule is COCC(CF)n1cc(C)c2nc(-c3ccc(C(C)C)nc3OS(C)(=O)=O)c(C)cc21. The molecule has 1 unspecified atom stereocenters. The predicted octanol–water partition coefficient (Wildman–Crippen LogP) is 4.33. The number of fused-ring (bicyclic) bond motifs is 1. The van der Waals surface area contributed by atoms with Crippen molar-refractivity contribution in [3.63, 3.8) is 0 Å². The highest BCUT2D eigenvalue weighted by molar-refractivity contribution is 7.86. The molecular weight excluding hydrogens is 421 g/mol. The molecule has 0 radical (unpaired) electrons. The van der Waals surface area contributed by atoms with Crippen LogP contribution in [0.5, 0.6) is 5.88 Å². The first-order chi connectivity index (χ1) is 14.6. The van der Waals surface area contributed by atoms with Crippen molar-refractivity contribution in [2.75, 3.05) is 26.6 Å². The molecule has 3 heterocycles. The number of aromatic nitrogens is 3. The van der Waals surface area contributed by atoms with Gasteiger partial charge in [-0.1, -0.05) is 13.8 Å². The van der Waals surface area contributed by atoms with E-state index in [1.807, 2.05) is 50.6 Å². The Morgan fingerprint density at radius 1 is 1.16 bits per heavy atom. The Morgan fingerprint density at radius 2 is 1.87 bits per heavy atom. The number of rotatable bonds is 8. The van der Waals surface area contributed by atoms with Gasteiger partial charge in [-0.05, 0) is 49.1 Å². The Morgan fingerprint density at radius 3 is 2.45 bits per heavy atom. The van der Waals surface area contributed by atoms with Crippen LogP contribution in [0.3, 0.4) is 0 Å². The summed E-state index contributed by atoms with van der Waals surface area (Å²) in [4.78, 5) is 9.24. The van der Waals surface area contributed by atoms with E-state index in [1.165, 1.54) is 0 Å². The van der Waals surface area contributed by atoms with Crippen LogP contribution in [-0.4, -0.2) is 49.6 Å². The number of pyridine rings is 2. The quantitative estimate of drug-likeness (QED) is 0.476. The van der Waals surface area contributed by atoms with Crippen molar-refractivity contribution in [2.45, 2.75) is 39.7 Å². The molecule has 0 saturated heterocycles. The van der Waals surface area contributed by atoms with Gasteiger partial charge in [0.15, 0.2) is 0 Å². The highest BCUT2D eigenvalue weighted by Gasteiger charge is 2.21. The molecule has 0 aromatic carbocycles. The summed E-state index contributed by atoms with van der Waals surface area (Å²) in [5.41, 5.74) is 4.93. The van der Waals surface area contributed by atoms with Gasteiger partial charge in [0.2, 0.25) is 5.88 Å². The first kappa shape index (κ1) is 23.1. The topological polar surface area (TPSA) is 83.3 Å². The smallest absolute Gasteiger partial charge is 0.307 e. The molecule has 7 nitrogen and oxygen atoms in total. The van der Waals surface area contributed by atoms with Crippen LogP contribution in [0, 0.1) is 13.8 Å². The minimum Gasteiger partial charge on any atom is -0.382 e. The van der Waals surface area contributed by atoms with E-state index in [2.05, 4.69) is 4.98 Å². The van der Waals surface area contributed by atoms with Crippen LogP contribution in [0.1, 0.15) is 42.6 Å². The Kier molecular flexibility index (Phi) is 6.66. The van der Waals surface area contributed by atoms with Gasteiger partial charge in [-0.25, -0.2) is 14.4 Å². The first-order valence-corrected chi connectivity index (χ1v) is 11.8. The van der Waals surface area contributed by atoms with Crippen molar-refractivity contribution in [1.82, 2.24) is 14.5 Å². The van der Waals surface area contributed by atoms with Crippen LogP contribution < -0.4 is 4.18 Å². The maximum Gasteiger partial charge on any atom is 0.307 e. The fraction of sp³-hybridized carbons (Fsp3) is 0.455. The zero-order chi connectivity index (χ0) is 22.9. The number of methoxy groups -OCH3 is 1. The fourth-order valence-corrected chi connectivity index (χ4v) is 3.97. The average Bonchev–Trinajstić information content (AvgIpc) is 2.99. The second-order valence-corrected chi connectivity index (χ2v) is 9.61. The summed E-state index contributed by atoms with van der Waals surface area (Å²) in [5.74, 6) is 0.101. The highest BCUT2D eigenvalue weighted by Crippen LogP contribution is 2.35. The number of aryl methyl sites for hydroxylation is 2. The third-order valence-corrected chi connectivity index (χ3v) is 5.53. The van der Waals surface area contributed by atoms with Gasteiger partial charge in [-0.3, -0.25) is 0 Å². The third-order valence-electron chi connectivity index (χ3n) is 5.07. The number of alkyl halides is 1. The van der Waals surface area contributed by atoms with Crippen LogP contribution in [0.15, 0.2) is 24.4 Å². The number of hydrogen-bond donors (Lipinski definition) is 0. The van der Waals surface area contributed by atoms with Crippen molar-refractivity contribution < 1.29 is 21.7 Å². The molecule has 9 heteroatoms. The van der Waals surface area contributed by atoms with Crippen molar-refractivity contribution in [3.8, 4) is 17.1 Å². The molecule has 3 aromatic rings. The number of hydrogen-bond acceptors (Lipinski definition) is 6. The molecule has 0 amide bonds. The molecule has 0 aliphatic rings. The van der Waals surface area contributed by atoms with Crippen LogP contribution in [0.2, 0.25) is 0 Å². The van der Waals surface area contributed by atoms with Gasteiger partial charge in [0.25, 0.3) is 0 Å². The summed E-state index contributed by atoms with van der Waals surface area (Å²) in [7, 11) is -2.24. The van der Waals surface area contributed by atoms with Gasteiger partial charge in [-0.2, -0.15) is 8.42 Å². The molecule has 3 aromatic heterocycles. The molecule has 0 aliphatic heterocycles. The van der Waals surface area contributed by atoms with Gasteiger partial charge in [-0.15, -0.1) is 0 Å². The average molecular weight is 450 g/mol. The van der Waals surface area contributed by atoms with Crippen LogP contribution in [0.25, 0.3) is 22.3 Å². The van der Waals surface area contributed by atoms with Crippen molar-refractivity contribution in [3.05, 3.63) is 41.2 Å². The van der Waals surface area contributed by atoms with E-state index < -0.39 is 22.8 Å². The summed E-state index contributed by atoms with van der Waals surface area (Å²) < 4.78 is 49.6. The molecule has 0 bridgehead atoms. The molecule has 0 aliphatic carbocycles. The van der Waals surface area contributed by atoms with Crippen LogP contribution in [0.4, 0.5) is 4.39 Å². The summed E-state index contributed by atoms with van der Waals surface area (Å²) in [6.45, 7) is 7.39. The molecule has 0 N–H and O–H groups in total. The maximum absolute atomic E-state index is 13.6. The van der Waals surface area contributed by atoms with Gasteiger partial charge >= 0.3 is 10.1 Å².